The summed E-state index contributed by atoms with van der Waals surface area (Å²) in [4.78, 5) is 3.97. The van der Waals surface area contributed by atoms with Crippen LogP contribution in [0, 0.1) is 0 Å². The van der Waals surface area contributed by atoms with Gasteiger partial charge < -0.3 is 0 Å². The van der Waals surface area contributed by atoms with Crippen LogP contribution in [-0.4, -0.2) is 29.6 Å². The molecule has 0 spiro atoms. The van der Waals surface area contributed by atoms with E-state index < -0.39 is 10.0 Å². The van der Waals surface area contributed by atoms with Gasteiger partial charge in [-0.15, -0.1) is 0 Å². The van der Waals surface area contributed by atoms with Crippen LogP contribution in [0.2, 0.25) is 0 Å². The number of aromatic nitrogens is 3. The highest BCUT2D eigenvalue weighted by atomic mass is 32.2. The Bertz CT molecular complexity index is 590. The molecular weight excluding hydrogens is 228 g/mol. The van der Waals surface area contributed by atoms with E-state index in [2.05, 4.69) is 14.8 Å². The highest BCUT2D eigenvalue weighted by Gasteiger charge is 2.18. The Kier molecular flexibility index (Phi) is 2.88. The fourth-order valence-corrected chi connectivity index (χ4v) is 2.48. The lowest BCUT2D eigenvalue weighted by molar-refractivity contribution is 0.572. The molecule has 2 heterocycles. The van der Waals surface area contributed by atoms with Gasteiger partial charge in [0, 0.05) is 12.7 Å². The first-order valence-electron chi connectivity index (χ1n) is 4.93. The molecule has 0 saturated carbocycles. The summed E-state index contributed by atoms with van der Waals surface area (Å²) in [5.41, 5.74) is 0.513. The first-order chi connectivity index (χ1) is 7.65. The number of sulfonamides is 1. The fraction of sp³-hybridized carbons (Fsp3) is 0.333. The molecule has 6 nitrogen and oxygen atoms in total. The number of hydrogen-bond donors (Lipinski definition) is 1. The monoisotopic (exact) mass is 240 g/mol. The van der Waals surface area contributed by atoms with Crippen LogP contribution >= 0.6 is 0 Å². The minimum Gasteiger partial charge on any atom is -0.234 e. The molecule has 2 aromatic rings. The van der Waals surface area contributed by atoms with Crippen LogP contribution in [0.15, 0.2) is 29.6 Å². The summed E-state index contributed by atoms with van der Waals surface area (Å²) >= 11 is 0. The van der Waals surface area contributed by atoms with Gasteiger partial charge in [0.2, 0.25) is 0 Å². The molecule has 7 heteroatoms. The molecule has 0 saturated heterocycles. The van der Waals surface area contributed by atoms with Crippen LogP contribution in [-0.2, 0) is 10.0 Å². The van der Waals surface area contributed by atoms with Gasteiger partial charge in [-0.3, -0.25) is 0 Å². The molecule has 0 aliphatic heterocycles. The van der Waals surface area contributed by atoms with E-state index in [1.54, 1.807) is 12.1 Å². The zero-order valence-electron chi connectivity index (χ0n) is 8.79. The second-order valence-electron chi connectivity index (χ2n) is 3.29. The molecule has 0 amide bonds. The van der Waals surface area contributed by atoms with Crippen LogP contribution in [0.4, 0.5) is 0 Å². The van der Waals surface area contributed by atoms with E-state index in [1.165, 1.54) is 16.9 Å². The average molecular weight is 240 g/mol. The average Bonchev–Trinajstić information content (AvgIpc) is 2.71. The second-order valence-corrected chi connectivity index (χ2v) is 5.00. The van der Waals surface area contributed by atoms with Crippen molar-refractivity contribution in [1.82, 2.24) is 19.3 Å². The van der Waals surface area contributed by atoms with Crippen LogP contribution < -0.4 is 4.72 Å². The maximum atomic E-state index is 11.9. The molecule has 0 aliphatic rings. The first-order valence-corrected chi connectivity index (χ1v) is 6.42. The lowest BCUT2D eigenvalue weighted by Gasteiger charge is -2.03. The van der Waals surface area contributed by atoms with Gasteiger partial charge in [0.25, 0.3) is 10.0 Å². The molecule has 0 radical (unpaired) electrons. The van der Waals surface area contributed by atoms with Crippen molar-refractivity contribution in [3.63, 3.8) is 0 Å². The van der Waals surface area contributed by atoms with Crippen molar-refractivity contribution in [2.45, 2.75) is 18.4 Å². The van der Waals surface area contributed by atoms with Crippen molar-refractivity contribution in [2.75, 3.05) is 6.54 Å². The molecule has 86 valence electrons. The summed E-state index contributed by atoms with van der Waals surface area (Å²) in [6.45, 7) is 2.30. The van der Waals surface area contributed by atoms with Gasteiger partial charge in [-0.25, -0.2) is 22.6 Å². The molecule has 0 aromatic carbocycles. The van der Waals surface area contributed by atoms with Gasteiger partial charge in [-0.2, -0.15) is 5.10 Å². The van der Waals surface area contributed by atoms with Gasteiger partial charge in [0.1, 0.15) is 0 Å². The molecule has 0 aliphatic carbocycles. The Labute approximate surface area is 93.4 Å². The first kappa shape index (κ1) is 11.0. The zero-order valence-corrected chi connectivity index (χ0v) is 9.61. The van der Waals surface area contributed by atoms with Crippen molar-refractivity contribution in [3.05, 3.63) is 24.5 Å². The number of imidazole rings is 1. The molecule has 0 bridgehead atoms. The molecule has 2 aromatic heterocycles. The van der Waals surface area contributed by atoms with E-state index in [1.807, 2.05) is 6.92 Å². The van der Waals surface area contributed by atoms with Crippen molar-refractivity contribution in [2.24, 2.45) is 0 Å². The molecule has 1 N–H and O–H groups in total. The lowest BCUT2D eigenvalue weighted by atomic mass is 10.5. The third-order valence-electron chi connectivity index (χ3n) is 2.06. The van der Waals surface area contributed by atoms with Crippen molar-refractivity contribution in [3.8, 4) is 0 Å². The Morgan fingerprint density at radius 1 is 1.50 bits per heavy atom. The van der Waals surface area contributed by atoms with Gasteiger partial charge >= 0.3 is 0 Å². The van der Waals surface area contributed by atoms with Gasteiger partial charge in [0.15, 0.2) is 10.7 Å². The van der Waals surface area contributed by atoms with Gasteiger partial charge in [-0.1, -0.05) is 6.92 Å². The third kappa shape index (κ3) is 1.91. The lowest BCUT2D eigenvalue weighted by Crippen LogP contribution is -2.25. The largest absolute Gasteiger partial charge is 0.259 e. The summed E-state index contributed by atoms with van der Waals surface area (Å²) in [7, 11) is -3.52. The summed E-state index contributed by atoms with van der Waals surface area (Å²) < 4.78 is 27.5. The molecule has 16 heavy (non-hydrogen) atoms. The Morgan fingerprint density at radius 3 is 3.06 bits per heavy atom. The maximum absolute atomic E-state index is 11.9. The Hall–Kier alpha value is -1.47. The molecule has 2 rings (SSSR count). The number of fused-ring (bicyclic) bond motifs is 1. The van der Waals surface area contributed by atoms with Crippen LogP contribution in [0.1, 0.15) is 13.3 Å². The van der Waals surface area contributed by atoms with E-state index in [0.29, 0.717) is 12.2 Å². The maximum Gasteiger partial charge on any atom is 0.259 e. The SMILES string of the molecule is CCCNS(=O)(=O)c1cnc2cccnn12. The smallest absolute Gasteiger partial charge is 0.234 e. The molecule has 0 unspecified atom stereocenters. The van der Waals surface area contributed by atoms with E-state index >= 15 is 0 Å². The van der Waals surface area contributed by atoms with E-state index in [-0.39, 0.29) is 5.03 Å². The summed E-state index contributed by atoms with van der Waals surface area (Å²) in [6, 6.07) is 3.41. The van der Waals surface area contributed by atoms with E-state index in [9.17, 15) is 8.42 Å². The fourth-order valence-electron chi connectivity index (χ4n) is 1.30. The van der Waals surface area contributed by atoms with Gasteiger partial charge in [-0.05, 0) is 18.6 Å². The normalized spacial score (nSPS) is 12.1. The second kappa shape index (κ2) is 4.18. The standard InChI is InChI=1S/C9H12N4O2S/c1-2-5-12-16(14,15)9-7-10-8-4-3-6-11-13(8)9/h3-4,6-7,12H,2,5H2,1H3. The van der Waals surface area contributed by atoms with Crippen LogP contribution in [0.3, 0.4) is 0 Å². The van der Waals surface area contributed by atoms with Crippen molar-refractivity contribution in [1.29, 1.82) is 0 Å². The molecule has 0 atom stereocenters. The van der Waals surface area contributed by atoms with Crippen molar-refractivity contribution < 1.29 is 8.42 Å². The van der Waals surface area contributed by atoms with Crippen LogP contribution in [0.5, 0.6) is 0 Å². The van der Waals surface area contributed by atoms with E-state index in [4.69, 9.17) is 0 Å². The summed E-state index contributed by atoms with van der Waals surface area (Å²) in [5.74, 6) is 0. The predicted octanol–water partition coefficient (Wildman–Crippen LogP) is 0.418. The topological polar surface area (TPSA) is 76.4 Å². The third-order valence-corrected chi connectivity index (χ3v) is 3.48. The van der Waals surface area contributed by atoms with Gasteiger partial charge in [0.05, 0.1) is 6.20 Å². The van der Waals surface area contributed by atoms with E-state index in [0.717, 1.165) is 6.42 Å². The minimum atomic E-state index is -3.52. The number of nitrogens with zero attached hydrogens (tertiary/aromatic N) is 3. The number of nitrogens with one attached hydrogen (secondary N) is 1. The zero-order chi connectivity index (χ0) is 11.6. The Morgan fingerprint density at radius 2 is 2.31 bits per heavy atom. The number of hydrogen-bond acceptors (Lipinski definition) is 4. The highest BCUT2D eigenvalue weighted by molar-refractivity contribution is 7.89. The number of rotatable bonds is 4. The summed E-state index contributed by atoms with van der Waals surface area (Å²) in [6.07, 6.45) is 3.57. The van der Waals surface area contributed by atoms with Crippen LogP contribution in [0.25, 0.3) is 5.65 Å². The van der Waals surface area contributed by atoms with Crippen molar-refractivity contribution >= 4 is 15.7 Å². The molecule has 0 fully saturated rings. The quantitative estimate of drug-likeness (QED) is 0.840. The Balaban J connectivity index is 2.47. The summed E-state index contributed by atoms with van der Waals surface area (Å²) in [5, 5.41) is 4.02. The highest BCUT2D eigenvalue weighted by Crippen LogP contribution is 2.09. The minimum absolute atomic E-state index is 0.0663. The predicted molar refractivity (Wildman–Crippen MR) is 58.5 cm³/mol. The molecular formula is C9H12N4O2S.